The highest BCUT2D eigenvalue weighted by molar-refractivity contribution is 6.30. The average molecular weight is 255 g/mol. The Morgan fingerprint density at radius 3 is 2.94 bits per heavy atom. The van der Waals surface area contributed by atoms with Crippen LogP contribution in [0.4, 0.5) is 4.39 Å². The van der Waals surface area contributed by atoms with E-state index < -0.39 is 11.9 Å². The summed E-state index contributed by atoms with van der Waals surface area (Å²) >= 11 is 5.78. The molecule has 2 rings (SSSR count). The minimum absolute atomic E-state index is 0.160. The van der Waals surface area contributed by atoms with E-state index in [0.717, 1.165) is 0 Å². The van der Waals surface area contributed by atoms with Crippen LogP contribution in [0.5, 0.6) is 0 Å². The summed E-state index contributed by atoms with van der Waals surface area (Å²) in [5.74, 6) is -0.480. The maximum atomic E-state index is 13.5. The molecule has 17 heavy (non-hydrogen) atoms. The second-order valence-electron chi connectivity index (χ2n) is 3.70. The van der Waals surface area contributed by atoms with Gasteiger partial charge in [-0.3, -0.25) is 4.68 Å². The van der Waals surface area contributed by atoms with E-state index in [1.54, 1.807) is 10.9 Å². The van der Waals surface area contributed by atoms with Crippen molar-refractivity contribution in [1.29, 1.82) is 0 Å². The van der Waals surface area contributed by atoms with Gasteiger partial charge in [-0.25, -0.2) is 4.39 Å². The Kier molecular flexibility index (Phi) is 3.45. The molecule has 0 saturated carbocycles. The van der Waals surface area contributed by atoms with Crippen molar-refractivity contribution in [2.24, 2.45) is 0 Å². The molecule has 0 spiro atoms. The van der Waals surface area contributed by atoms with E-state index in [1.807, 2.05) is 6.92 Å². The van der Waals surface area contributed by atoms with E-state index in [-0.39, 0.29) is 5.56 Å². The van der Waals surface area contributed by atoms with E-state index in [1.165, 1.54) is 24.4 Å². The highest BCUT2D eigenvalue weighted by atomic mass is 35.5. The van der Waals surface area contributed by atoms with Gasteiger partial charge in [0.15, 0.2) is 0 Å². The van der Waals surface area contributed by atoms with Crippen molar-refractivity contribution in [3.8, 4) is 0 Å². The lowest BCUT2D eigenvalue weighted by molar-refractivity contribution is 0.215. The molecule has 0 bridgehead atoms. The van der Waals surface area contributed by atoms with Gasteiger partial charge in [0.1, 0.15) is 11.9 Å². The first kappa shape index (κ1) is 12.1. The molecule has 0 radical (unpaired) electrons. The second-order valence-corrected chi connectivity index (χ2v) is 4.13. The van der Waals surface area contributed by atoms with Crippen molar-refractivity contribution in [2.75, 3.05) is 0 Å². The number of hydrogen-bond donors (Lipinski definition) is 1. The van der Waals surface area contributed by atoms with Crippen LogP contribution in [-0.2, 0) is 6.54 Å². The van der Waals surface area contributed by atoms with Gasteiger partial charge in [-0.05, 0) is 25.1 Å². The zero-order valence-electron chi connectivity index (χ0n) is 9.27. The molecule has 1 aromatic carbocycles. The molecule has 0 aliphatic heterocycles. The number of hydrogen-bond acceptors (Lipinski definition) is 2. The molecule has 90 valence electrons. The van der Waals surface area contributed by atoms with Gasteiger partial charge in [-0.1, -0.05) is 11.6 Å². The van der Waals surface area contributed by atoms with Crippen LogP contribution >= 0.6 is 11.6 Å². The fraction of sp³-hybridized carbons (Fsp3) is 0.250. The number of aryl methyl sites for hydroxylation is 1. The largest absolute Gasteiger partial charge is 0.383 e. The number of halogens is 2. The summed E-state index contributed by atoms with van der Waals surface area (Å²) in [6.07, 6.45) is 2.16. The van der Waals surface area contributed by atoms with Gasteiger partial charge < -0.3 is 5.11 Å². The van der Waals surface area contributed by atoms with Crippen LogP contribution < -0.4 is 0 Å². The molecule has 1 unspecified atom stereocenters. The first-order valence-corrected chi connectivity index (χ1v) is 5.65. The van der Waals surface area contributed by atoms with Gasteiger partial charge in [-0.2, -0.15) is 5.10 Å². The van der Waals surface area contributed by atoms with E-state index in [2.05, 4.69) is 5.10 Å². The number of aromatic nitrogens is 2. The highest BCUT2D eigenvalue weighted by Crippen LogP contribution is 2.26. The summed E-state index contributed by atoms with van der Waals surface area (Å²) in [7, 11) is 0. The standard InChI is InChI=1S/C12H12ClFN2O/c1-2-16-7-8(6-15-16)12(17)10-5-9(13)3-4-11(10)14/h3-7,12,17H,2H2,1H3. The van der Waals surface area contributed by atoms with Gasteiger partial charge in [0, 0.05) is 28.9 Å². The minimum atomic E-state index is -1.05. The molecule has 5 heteroatoms. The summed E-state index contributed by atoms with van der Waals surface area (Å²) in [5, 5.41) is 14.5. The summed E-state index contributed by atoms with van der Waals surface area (Å²) in [4.78, 5) is 0. The van der Waals surface area contributed by atoms with E-state index >= 15 is 0 Å². The lowest BCUT2D eigenvalue weighted by Crippen LogP contribution is -2.02. The zero-order chi connectivity index (χ0) is 12.4. The number of benzene rings is 1. The molecule has 1 atom stereocenters. The van der Waals surface area contributed by atoms with Crippen molar-refractivity contribution < 1.29 is 9.50 Å². The van der Waals surface area contributed by atoms with Crippen LogP contribution in [0.2, 0.25) is 5.02 Å². The van der Waals surface area contributed by atoms with Crippen LogP contribution in [0.1, 0.15) is 24.2 Å². The normalized spacial score (nSPS) is 12.7. The molecule has 3 nitrogen and oxygen atoms in total. The third-order valence-corrected chi connectivity index (χ3v) is 2.78. The van der Waals surface area contributed by atoms with Crippen LogP contribution in [-0.4, -0.2) is 14.9 Å². The van der Waals surface area contributed by atoms with Gasteiger partial charge in [0.2, 0.25) is 0 Å². The van der Waals surface area contributed by atoms with Crippen molar-refractivity contribution in [1.82, 2.24) is 9.78 Å². The SMILES string of the molecule is CCn1cc(C(O)c2cc(Cl)ccc2F)cn1. The third-order valence-electron chi connectivity index (χ3n) is 2.55. The molecule has 0 fully saturated rings. The summed E-state index contributed by atoms with van der Waals surface area (Å²) in [6.45, 7) is 2.63. The Hall–Kier alpha value is -1.39. The lowest BCUT2D eigenvalue weighted by Gasteiger charge is -2.10. The highest BCUT2D eigenvalue weighted by Gasteiger charge is 2.17. The molecule has 0 aliphatic carbocycles. The quantitative estimate of drug-likeness (QED) is 0.915. The second kappa shape index (κ2) is 4.85. The van der Waals surface area contributed by atoms with Crippen LogP contribution in [0.3, 0.4) is 0 Å². The molecule has 0 saturated heterocycles. The van der Waals surface area contributed by atoms with Gasteiger partial charge in [0.05, 0.1) is 6.20 Å². The zero-order valence-corrected chi connectivity index (χ0v) is 10.0. The fourth-order valence-electron chi connectivity index (χ4n) is 1.60. The van der Waals surface area contributed by atoms with Crippen LogP contribution in [0.15, 0.2) is 30.6 Å². The van der Waals surface area contributed by atoms with E-state index in [0.29, 0.717) is 17.1 Å². The summed E-state index contributed by atoms with van der Waals surface area (Å²) in [6, 6.07) is 4.11. The van der Waals surface area contributed by atoms with E-state index in [4.69, 9.17) is 11.6 Å². The predicted octanol–water partition coefficient (Wildman–Crippen LogP) is 2.78. The number of aliphatic hydroxyl groups excluding tert-OH is 1. The molecular weight excluding hydrogens is 243 g/mol. The first-order chi connectivity index (χ1) is 8.11. The first-order valence-electron chi connectivity index (χ1n) is 5.27. The molecule has 0 aliphatic rings. The molecule has 1 aromatic heterocycles. The number of nitrogens with zero attached hydrogens (tertiary/aromatic N) is 2. The van der Waals surface area contributed by atoms with Crippen molar-refractivity contribution in [3.63, 3.8) is 0 Å². The molecule has 1 N–H and O–H groups in total. The molecule has 0 amide bonds. The predicted molar refractivity (Wildman–Crippen MR) is 63.4 cm³/mol. The number of aliphatic hydroxyl groups is 1. The van der Waals surface area contributed by atoms with Gasteiger partial charge in [0.25, 0.3) is 0 Å². The Morgan fingerprint density at radius 1 is 1.53 bits per heavy atom. The maximum absolute atomic E-state index is 13.5. The fourth-order valence-corrected chi connectivity index (χ4v) is 1.78. The Morgan fingerprint density at radius 2 is 2.29 bits per heavy atom. The Balaban J connectivity index is 2.35. The van der Waals surface area contributed by atoms with Gasteiger partial charge >= 0.3 is 0 Å². The summed E-state index contributed by atoms with van der Waals surface area (Å²) < 4.78 is 15.2. The van der Waals surface area contributed by atoms with Crippen molar-refractivity contribution >= 4 is 11.6 Å². The average Bonchev–Trinajstić information content (AvgIpc) is 2.80. The summed E-state index contributed by atoms with van der Waals surface area (Å²) in [5.41, 5.74) is 0.709. The number of rotatable bonds is 3. The third kappa shape index (κ3) is 2.48. The van der Waals surface area contributed by atoms with Crippen molar-refractivity contribution in [3.05, 3.63) is 52.6 Å². The topological polar surface area (TPSA) is 38.0 Å². The van der Waals surface area contributed by atoms with Crippen molar-refractivity contribution in [2.45, 2.75) is 19.6 Å². The van der Waals surface area contributed by atoms with Crippen LogP contribution in [0, 0.1) is 5.82 Å². The molecule has 2 aromatic rings. The molecule has 1 heterocycles. The van der Waals surface area contributed by atoms with Crippen LogP contribution in [0.25, 0.3) is 0 Å². The molecular formula is C12H12ClFN2O. The Labute approximate surface area is 103 Å². The minimum Gasteiger partial charge on any atom is -0.383 e. The Bertz CT molecular complexity index is 527. The lowest BCUT2D eigenvalue weighted by atomic mass is 10.0. The smallest absolute Gasteiger partial charge is 0.129 e. The maximum Gasteiger partial charge on any atom is 0.129 e. The van der Waals surface area contributed by atoms with E-state index in [9.17, 15) is 9.50 Å². The van der Waals surface area contributed by atoms with Gasteiger partial charge in [-0.15, -0.1) is 0 Å². The monoisotopic (exact) mass is 254 g/mol.